The lowest BCUT2D eigenvalue weighted by Gasteiger charge is -2.22. The Hall–Kier alpha value is -3.36. The minimum absolute atomic E-state index is 0.00246. The van der Waals surface area contributed by atoms with Crippen LogP contribution in [0.15, 0.2) is 83.8 Å². The molecule has 0 atom stereocenters. The average Bonchev–Trinajstić information content (AvgIpc) is 2.85. The lowest BCUT2D eigenvalue weighted by atomic mass is 9.96. The van der Waals surface area contributed by atoms with Gasteiger partial charge in [0.05, 0.1) is 4.90 Å². The molecule has 34 heavy (non-hydrogen) atoms. The zero-order valence-electron chi connectivity index (χ0n) is 18.8. The van der Waals surface area contributed by atoms with E-state index in [9.17, 15) is 13.2 Å². The highest BCUT2D eigenvalue weighted by molar-refractivity contribution is 7.89. The molecule has 0 unspecified atom stereocenters. The van der Waals surface area contributed by atoms with E-state index in [0.29, 0.717) is 17.2 Å². The predicted octanol–water partition coefficient (Wildman–Crippen LogP) is 5.11. The van der Waals surface area contributed by atoms with Crippen LogP contribution in [0.2, 0.25) is 0 Å². The van der Waals surface area contributed by atoms with Gasteiger partial charge in [0, 0.05) is 11.7 Å². The maximum absolute atomic E-state index is 12.6. The molecule has 0 bridgehead atoms. The molecular weight excluding hydrogens is 452 g/mol. The lowest BCUT2D eigenvalue weighted by molar-refractivity contribution is -0.118. The van der Waals surface area contributed by atoms with Crippen LogP contribution in [-0.2, 0) is 14.8 Å². The van der Waals surface area contributed by atoms with Crippen molar-refractivity contribution in [1.29, 1.82) is 0 Å². The minimum atomic E-state index is -3.57. The molecule has 1 amide bonds. The van der Waals surface area contributed by atoms with Crippen LogP contribution in [0, 0.1) is 0 Å². The topological polar surface area (TPSA) is 93.7 Å². The highest BCUT2D eigenvalue weighted by Crippen LogP contribution is 2.23. The Morgan fingerprint density at radius 3 is 2.09 bits per heavy atom. The molecule has 0 heterocycles. The normalized spacial score (nSPS) is 14.4. The first-order valence-electron chi connectivity index (χ1n) is 11.4. The van der Waals surface area contributed by atoms with Crippen molar-refractivity contribution < 1.29 is 22.7 Å². The number of rotatable bonds is 9. The number of nitrogens with one attached hydrogen (secondary N) is 2. The third-order valence-corrected chi connectivity index (χ3v) is 7.08. The molecule has 0 aliphatic heterocycles. The van der Waals surface area contributed by atoms with Gasteiger partial charge >= 0.3 is 0 Å². The van der Waals surface area contributed by atoms with Gasteiger partial charge in [-0.05, 0) is 73.5 Å². The van der Waals surface area contributed by atoms with E-state index in [1.54, 1.807) is 36.4 Å². The third-order valence-electron chi connectivity index (χ3n) is 5.55. The predicted molar refractivity (Wildman–Crippen MR) is 131 cm³/mol. The van der Waals surface area contributed by atoms with Crippen LogP contribution < -0.4 is 19.5 Å². The van der Waals surface area contributed by atoms with E-state index < -0.39 is 10.0 Å². The van der Waals surface area contributed by atoms with Crippen LogP contribution in [0.4, 0.5) is 5.69 Å². The molecular formula is C26H28N2O5S. The molecule has 1 fully saturated rings. The summed E-state index contributed by atoms with van der Waals surface area (Å²) in [7, 11) is -3.57. The minimum Gasteiger partial charge on any atom is -0.484 e. The number of amides is 1. The number of anilines is 1. The Balaban J connectivity index is 1.25. The van der Waals surface area contributed by atoms with Crippen molar-refractivity contribution in [1.82, 2.24) is 4.72 Å². The van der Waals surface area contributed by atoms with Crippen LogP contribution >= 0.6 is 0 Å². The summed E-state index contributed by atoms with van der Waals surface area (Å²) in [5.74, 6) is 1.48. The third kappa shape index (κ3) is 6.82. The van der Waals surface area contributed by atoms with E-state index in [-0.39, 0.29) is 23.5 Å². The van der Waals surface area contributed by atoms with Crippen molar-refractivity contribution in [3.63, 3.8) is 0 Å². The van der Waals surface area contributed by atoms with Crippen LogP contribution in [0.5, 0.6) is 17.2 Å². The number of benzene rings is 3. The first kappa shape index (κ1) is 23.8. The Morgan fingerprint density at radius 2 is 1.41 bits per heavy atom. The van der Waals surface area contributed by atoms with Gasteiger partial charge in [-0.2, -0.15) is 0 Å². The van der Waals surface area contributed by atoms with Crippen molar-refractivity contribution in [2.45, 2.75) is 43.0 Å². The molecule has 7 nitrogen and oxygen atoms in total. The maximum Gasteiger partial charge on any atom is 0.262 e. The SMILES string of the molecule is O=C(COc1ccc(S(=O)(=O)NC2CCCCC2)cc1)Nc1ccc(Oc2ccccc2)cc1. The fraction of sp³-hybridized carbons (Fsp3) is 0.269. The van der Waals surface area contributed by atoms with Gasteiger partial charge in [0.25, 0.3) is 5.91 Å². The summed E-state index contributed by atoms with van der Waals surface area (Å²) in [4.78, 5) is 12.4. The number of hydrogen-bond acceptors (Lipinski definition) is 5. The number of sulfonamides is 1. The highest BCUT2D eigenvalue weighted by Gasteiger charge is 2.21. The molecule has 1 aliphatic rings. The first-order chi connectivity index (χ1) is 16.5. The molecule has 0 aromatic heterocycles. The molecule has 3 aromatic rings. The molecule has 1 saturated carbocycles. The molecule has 8 heteroatoms. The van der Waals surface area contributed by atoms with Crippen molar-refractivity contribution >= 4 is 21.6 Å². The van der Waals surface area contributed by atoms with Crippen molar-refractivity contribution in [2.75, 3.05) is 11.9 Å². The second kappa shape index (κ2) is 11.2. The van der Waals surface area contributed by atoms with E-state index in [4.69, 9.17) is 9.47 Å². The van der Waals surface area contributed by atoms with E-state index in [0.717, 1.165) is 37.9 Å². The summed E-state index contributed by atoms with van der Waals surface area (Å²) >= 11 is 0. The second-order valence-electron chi connectivity index (χ2n) is 8.20. The van der Waals surface area contributed by atoms with Crippen LogP contribution in [0.1, 0.15) is 32.1 Å². The van der Waals surface area contributed by atoms with Crippen molar-refractivity contribution in [3.8, 4) is 17.2 Å². The average molecular weight is 481 g/mol. The van der Waals surface area contributed by atoms with E-state index in [1.807, 2.05) is 30.3 Å². The molecule has 3 aromatic carbocycles. The summed E-state index contributed by atoms with van der Waals surface area (Å²) in [6.45, 7) is -0.200. The molecule has 0 spiro atoms. The largest absolute Gasteiger partial charge is 0.484 e. The van der Waals surface area contributed by atoms with Gasteiger partial charge in [0.1, 0.15) is 17.2 Å². The molecule has 4 rings (SSSR count). The first-order valence-corrected chi connectivity index (χ1v) is 12.8. The Bertz CT molecular complexity index is 1170. The van der Waals surface area contributed by atoms with Crippen LogP contribution in [-0.4, -0.2) is 27.0 Å². The second-order valence-corrected chi connectivity index (χ2v) is 9.92. The Morgan fingerprint density at radius 1 is 0.794 bits per heavy atom. The van der Waals surface area contributed by atoms with E-state index in [1.165, 1.54) is 12.1 Å². The lowest BCUT2D eigenvalue weighted by Crippen LogP contribution is -2.36. The zero-order valence-corrected chi connectivity index (χ0v) is 19.6. The quantitative estimate of drug-likeness (QED) is 0.444. The number of carbonyl (C=O) groups excluding carboxylic acids is 1. The monoisotopic (exact) mass is 480 g/mol. The smallest absolute Gasteiger partial charge is 0.262 e. The summed E-state index contributed by atoms with van der Waals surface area (Å²) in [6.07, 6.45) is 5.00. The van der Waals surface area contributed by atoms with Crippen molar-refractivity contribution in [3.05, 3.63) is 78.9 Å². The molecule has 0 saturated heterocycles. The van der Waals surface area contributed by atoms with Gasteiger partial charge < -0.3 is 14.8 Å². The van der Waals surface area contributed by atoms with Gasteiger partial charge in [-0.25, -0.2) is 13.1 Å². The molecule has 0 radical (unpaired) electrons. The van der Waals surface area contributed by atoms with Crippen molar-refractivity contribution in [2.24, 2.45) is 0 Å². The summed E-state index contributed by atoms with van der Waals surface area (Å²) in [5.41, 5.74) is 0.615. The number of carbonyl (C=O) groups is 1. The van der Waals surface area contributed by atoms with Gasteiger partial charge in [-0.15, -0.1) is 0 Å². The van der Waals surface area contributed by atoms with E-state index in [2.05, 4.69) is 10.0 Å². The van der Waals surface area contributed by atoms with Gasteiger partial charge in [0.15, 0.2) is 6.61 Å². The van der Waals surface area contributed by atoms with Gasteiger partial charge in [-0.3, -0.25) is 4.79 Å². The number of hydrogen-bond donors (Lipinski definition) is 2. The summed E-state index contributed by atoms with van der Waals surface area (Å²) in [6, 6.07) is 22.5. The highest BCUT2D eigenvalue weighted by atomic mass is 32.2. The van der Waals surface area contributed by atoms with Gasteiger partial charge in [-0.1, -0.05) is 37.5 Å². The van der Waals surface area contributed by atoms with Crippen LogP contribution in [0.25, 0.3) is 0 Å². The molecule has 178 valence electrons. The standard InChI is InChI=1S/C26H28N2O5S/c29-26(27-20-11-13-24(14-12-20)33-23-9-5-2-6-10-23)19-32-22-15-17-25(18-16-22)34(30,31)28-21-7-3-1-4-8-21/h2,5-6,9-18,21,28H,1,3-4,7-8,19H2,(H,27,29). The summed E-state index contributed by atoms with van der Waals surface area (Å²) < 4.78 is 39.2. The number of ether oxygens (including phenoxy) is 2. The fourth-order valence-electron chi connectivity index (χ4n) is 3.80. The zero-order chi connectivity index (χ0) is 23.8. The Labute approximate surface area is 200 Å². The fourth-order valence-corrected chi connectivity index (χ4v) is 5.10. The Kier molecular flexibility index (Phi) is 7.82. The van der Waals surface area contributed by atoms with Crippen LogP contribution in [0.3, 0.4) is 0 Å². The molecule has 2 N–H and O–H groups in total. The maximum atomic E-state index is 12.6. The summed E-state index contributed by atoms with van der Waals surface area (Å²) in [5, 5.41) is 2.76. The van der Waals surface area contributed by atoms with E-state index >= 15 is 0 Å². The number of para-hydroxylation sites is 1. The van der Waals surface area contributed by atoms with Gasteiger partial charge in [0.2, 0.25) is 10.0 Å². The molecule has 1 aliphatic carbocycles.